The van der Waals surface area contributed by atoms with Crippen LogP contribution >= 0.6 is 0 Å². The molecule has 1 aliphatic heterocycles. The average Bonchev–Trinajstić information content (AvgIpc) is 2.88. The summed E-state index contributed by atoms with van der Waals surface area (Å²) in [5.41, 5.74) is 6.57. The summed E-state index contributed by atoms with van der Waals surface area (Å²) in [6.07, 6.45) is 4.23. The van der Waals surface area contributed by atoms with Crippen molar-refractivity contribution in [3.8, 4) is 0 Å². The number of nitrogens with two attached hydrogens (primary N) is 1. The Balaban J connectivity index is 2.58. The van der Waals surface area contributed by atoms with Crippen LogP contribution in [0.1, 0.15) is 40.5 Å². The highest BCUT2D eigenvalue weighted by Crippen LogP contribution is 2.28. The fourth-order valence-corrected chi connectivity index (χ4v) is 4.68. The number of fused-ring (bicyclic) bond motifs is 2. The van der Waals surface area contributed by atoms with Crippen molar-refractivity contribution in [2.45, 2.75) is 64.9 Å². The van der Waals surface area contributed by atoms with Crippen LogP contribution in [0, 0.1) is 11.8 Å². The highest BCUT2D eigenvalue weighted by atomic mass is 16.5. The molecule has 1 heterocycles. The molecule has 0 spiro atoms. The SMILES string of the molecule is CO[C@H]1C=CC=C(C)C(=O)NC2=CC(=O)C(N)=C(C[C@@H](C)C[C@H](OC)[C@H](O)[C@@H](C)C=C(C)[C@@H]1NC(=O)O)C2=O. The van der Waals surface area contributed by atoms with E-state index in [2.05, 4.69) is 10.6 Å². The van der Waals surface area contributed by atoms with Crippen LogP contribution in [-0.2, 0) is 23.9 Å². The molecule has 0 aromatic rings. The molecular weight excluding hydrogens is 506 g/mol. The number of methoxy groups -OCH3 is 2. The first-order valence-electron chi connectivity index (χ1n) is 12.7. The minimum absolute atomic E-state index is 0.100. The number of carbonyl (C=O) groups is 4. The lowest BCUT2D eigenvalue weighted by atomic mass is 9.85. The van der Waals surface area contributed by atoms with Crippen LogP contribution in [0.5, 0.6) is 0 Å². The Morgan fingerprint density at radius 3 is 2.41 bits per heavy atom. The number of aliphatic hydroxyl groups is 1. The number of rotatable bonds is 3. The number of Topliss-reactive ketones (excluding diaryl/α,β-unsaturated/α-hetero) is 1. The molecule has 0 aromatic heterocycles. The number of ketones is 2. The first kappa shape index (κ1) is 31.7. The van der Waals surface area contributed by atoms with Gasteiger partial charge in [-0.15, -0.1) is 0 Å². The number of allylic oxidation sites excluding steroid dienone is 4. The third-order valence-electron chi connectivity index (χ3n) is 6.94. The molecule has 0 unspecified atom stereocenters. The molecule has 2 bridgehead atoms. The summed E-state index contributed by atoms with van der Waals surface area (Å²) in [4.78, 5) is 50.0. The fourth-order valence-electron chi connectivity index (χ4n) is 4.68. The van der Waals surface area contributed by atoms with Crippen LogP contribution in [0.15, 0.2) is 58.5 Å². The normalized spacial score (nSPS) is 29.8. The van der Waals surface area contributed by atoms with Crippen LogP contribution in [0.3, 0.4) is 0 Å². The van der Waals surface area contributed by atoms with Gasteiger partial charge in [-0.1, -0.05) is 43.7 Å². The third kappa shape index (κ3) is 8.22. The van der Waals surface area contributed by atoms with Gasteiger partial charge in [-0.05, 0) is 32.6 Å². The van der Waals surface area contributed by atoms with Crippen molar-refractivity contribution >= 4 is 23.6 Å². The predicted molar refractivity (Wildman–Crippen MR) is 144 cm³/mol. The number of hydrogen-bond donors (Lipinski definition) is 5. The summed E-state index contributed by atoms with van der Waals surface area (Å²) in [6.45, 7) is 6.89. The second-order valence-corrected chi connectivity index (χ2v) is 10.0. The second-order valence-electron chi connectivity index (χ2n) is 10.0. The van der Waals surface area contributed by atoms with Crippen molar-refractivity contribution in [3.63, 3.8) is 0 Å². The minimum Gasteiger partial charge on any atom is -0.465 e. The first-order chi connectivity index (χ1) is 18.3. The molecular formula is C28H39N3O8. The van der Waals surface area contributed by atoms with Gasteiger partial charge in [0.05, 0.1) is 35.7 Å². The summed E-state index contributed by atoms with van der Waals surface area (Å²) in [5.74, 6) is -2.38. The maximum Gasteiger partial charge on any atom is 0.405 e. The van der Waals surface area contributed by atoms with Crippen molar-refractivity contribution in [1.82, 2.24) is 10.6 Å². The molecule has 0 radical (unpaired) electrons. The van der Waals surface area contributed by atoms with Crippen LogP contribution in [0.2, 0.25) is 0 Å². The van der Waals surface area contributed by atoms with Crippen LogP contribution in [0.4, 0.5) is 4.79 Å². The van der Waals surface area contributed by atoms with Crippen molar-refractivity contribution in [2.24, 2.45) is 17.6 Å². The van der Waals surface area contributed by atoms with Gasteiger partial charge in [-0.3, -0.25) is 14.4 Å². The quantitative estimate of drug-likeness (QED) is 0.262. The zero-order valence-electron chi connectivity index (χ0n) is 23.2. The zero-order chi connectivity index (χ0) is 29.4. The van der Waals surface area contributed by atoms with E-state index in [-0.39, 0.29) is 34.9 Å². The number of ether oxygens (including phenoxy) is 2. The molecule has 1 aliphatic carbocycles. The molecule has 2 amide bonds. The van der Waals surface area contributed by atoms with Gasteiger partial charge in [0.25, 0.3) is 5.91 Å². The van der Waals surface area contributed by atoms with E-state index in [4.69, 9.17) is 15.2 Å². The van der Waals surface area contributed by atoms with E-state index < -0.39 is 53.8 Å². The molecule has 0 fully saturated rings. The fraction of sp³-hybridized carbons (Fsp3) is 0.500. The van der Waals surface area contributed by atoms with Gasteiger partial charge in [0, 0.05) is 37.4 Å². The molecule has 0 saturated heterocycles. The number of carboxylic acid groups (broad SMARTS) is 1. The Kier molecular flexibility index (Phi) is 11.4. The monoisotopic (exact) mass is 545 g/mol. The number of hydrogen-bond acceptors (Lipinski definition) is 8. The van der Waals surface area contributed by atoms with E-state index in [1.807, 2.05) is 6.92 Å². The van der Waals surface area contributed by atoms with Gasteiger partial charge in [0.2, 0.25) is 11.6 Å². The number of aliphatic hydroxyl groups excluding tert-OH is 1. The first-order valence-corrected chi connectivity index (χ1v) is 12.7. The molecule has 214 valence electrons. The van der Waals surface area contributed by atoms with E-state index in [9.17, 15) is 29.4 Å². The topological polar surface area (TPSA) is 177 Å². The summed E-state index contributed by atoms with van der Waals surface area (Å²) >= 11 is 0. The Morgan fingerprint density at radius 2 is 1.82 bits per heavy atom. The molecule has 11 nitrogen and oxygen atoms in total. The molecule has 2 aliphatic rings. The van der Waals surface area contributed by atoms with E-state index in [0.29, 0.717) is 12.0 Å². The van der Waals surface area contributed by atoms with Gasteiger partial charge in [-0.25, -0.2) is 4.79 Å². The number of amides is 2. The highest BCUT2D eigenvalue weighted by Gasteiger charge is 2.32. The summed E-state index contributed by atoms with van der Waals surface area (Å²) in [6, 6.07) is -0.786. The van der Waals surface area contributed by atoms with Crippen molar-refractivity contribution < 1.29 is 38.9 Å². The van der Waals surface area contributed by atoms with Crippen LogP contribution < -0.4 is 16.4 Å². The lowest BCUT2D eigenvalue weighted by Gasteiger charge is -2.30. The second kappa shape index (κ2) is 14.0. The summed E-state index contributed by atoms with van der Waals surface area (Å²) in [5, 5.41) is 25.5. The van der Waals surface area contributed by atoms with Gasteiger partial charge in [-0.2, -0.15) is 0 Å². The zero-order valence-corrected chi connectivity index (χ0v) is 23.2. The number of carbonyl (C=O) groups excluding carboxylic acids is 3. The summed E-state index contributed by atoms with van der Waals surface area (Å²) < 4.78 is 11.1. The lowest BCUT2D eigenvalue weighted by Crippen LogP contribution is -2.44. The summed E-state index contributed by atoms with van der Waals surface area (Å²) in [7, 11) is 2.89. The molecule has 0 aromatic carbocycles. The van der Waals surface area contributed by atoms with Crippen molar-refractivity contribution in [2.75, 3.05) is 14.2 Å². The molecule has 6 N–H and O–H groups in total. The Bertz CT molecular complexity index is 1130. The molecule has 2 rings (SSSR count). The maximum atomic E-state index is 13.2. The Labute approximate surface area is 228 Å². The van der Waals surface area contributed by atoms with E-state index in [1.54, 1.807) is 26.0 Å². The standard InChI is InChI=1S/C28H39N3O8/c1-14-10-18-23(29)20(32)13-19(26(18)34)30-27(35)15(2)8-7-9-21(38-5)24(31-28(36)37)16(3)12-17(4)25(33)22(11-14)39-6/h7-9,12-14,17,21-22,24-25,31,33H,10-11,29H2,1-6H3,(H,30,35)(H,36,37)/t14-,17+,21+,22+,24+,25-/m1/s1. The minimum atomic E-state index is -1.25. The molecule has 0 saturated carbocycles. The largest absolute Gasteiger partial charge is 0.465 e. The van der Waals surface area contributed by atoms with Gasteiger partial charge >= 0.3 is 6.09 Å². The van der Waals surface area contributed by atoms with Crippen molar-refractivity contribution in [1.29, 1.82) is 0 Å². The lowest BCUT2D eigenvalue weighted by molar-refractivity contribution is -0.120. The van der Waals surface area contributed by atoms with E-state index in [0.717, 1.165) is 6.08 Å². The maximum absolute atomic E-state index is 13.2. The van der Waals surface area contributed by atoms with E-state index >= 15 is 0 Å². The molecule has 39 heavy (non-hydrogen) atoms. The third-order valence-corrected chi connectivity index (χ3v) is 6.94. The van der Waals surface area contributed by atoms with Crippen molar-refractivity contribution in [3.05, 3.63) is 58.5 Å². The Morgan fingerprint density at radius 1 is 1.15 bits per heavy atom. The Hall–Kier alpha value is -3.54. The van der Waals surface area contributed by atoms with Gasteiger partial charge in [0.15, 0.2) is 0 Å². The molecule has 11 heteroatoms. The van der Waals surface area contributed by atoms with Gasteiger partial charge < -0.3 is 36.1 Å². The average molecular weight is 546 g/mol. The molecule has 6 atom stereocenters. The predicted octanol–water partition coefficient (Wildman–Crippen LogP) is 1.89. The highest BCUT2D eigenvalue weighted by molar-refractivity contribution is 6.23. The van der Waals surface area contributed by atoms with Crippen LogP contribution in [0.25, 0.3) is 0 Å². The van der Waals surface area contributed by atoms with E-state index in [1.165, 1.54) is 33.3 Å². The number of nitrogens with one attached hydrogen (secondary N) is 2. The smallest absolute Gasteiger partial charge is 0.405 e. The van der Waals surface area contributed by atoms with Crippen LogP contribution in [-0.4, -0.2) is 72.4 Å². The van der Waals surface area contributed by atoms with Gasteiger partial charge in [0.1, 0.15) is 0 Å².